The Labute approximate surface area is 221 Å². The highest BCUT2D eigenvalue weighted by molar-refractivity contribution is 9.10. The second-order valence-electron chi connectivity index (χ2n) is 8.28. The highest BCUT2D eigenvalue weighted by Gasteiger charge is 2.31. The van der Waals surface area contributed by atoms with Crippen LogP contribution >= 0.6 is 31.9 Å². The van der Waals surface area contributed by atoms with Crippen LogP contribution in [-0.2, 0) is 11.3 Å². The molecule has 2 aliphatic heterocycles. The van der Waals surface area contributed by atoms with E-state index in [0.717, 1.165) is 19.9 Å². The van der Waals surface area contributed by atoms with E-state index in [1.807, 2.05) is 24.3 Å². The molecule has 6 rings (SSSR count). The van der Waals surface area contributed by atoms with Crippen LogP contribution in [0.15, 0.2) is 67.7 Å². The maximum atomic E-state index is 13.1. The molecule has 9 heteroatoms. The summed E-state index contributed by atoms with van der Waals surface area (Å²) in [6, 6.07) is 14.0. The zero-order valence-corrected chi connectivity index (χ0v) is 21.9. The average molecular weight is 612 g/mol. The number of benzene rings is 3. The van der Waals surface area contributed by atoms with E-state index in [4.69, 9.17) is 23.4 Å². The molecule has 3 heterocycles. The van der Waals surface area contributed by atoms with Gasteiger partial charge in [-0.2, -0.15) is 0 Å². The molecule has 0 saturated carbocycles. The van der Waals surface area contributed by atoms with Gasteiger partial charge in [-0.15, -0.1) is 0 Å². The van der Waals surface area contributed by atoms with Gasteiger partial charge in [-0.05, 0) is 61.5 Å². The fraction of sp³-hybridized carbons (Fsp3) is 0.111. The number of allylic oxidation sites excluding steroid dienone is 1. The lowest BCUT2D eigenvalue weighted by Crippen LogP contribution is -2.12. The number of ether oxygens (including phenoxy) is 4. The first-order chi connectivity index (χ1) is 17.4. The number of rotatable bonds is 3. The van der Waals surface area contributed by atoms with Crippen LogP contribution in [0.4, 0.5) is 0 Å². The minimum absolute atomic E-state index is 0.0731. The topological polar surface area (TPSA) is 84.2 Å². The Kier molecular flexibility index (Phi) is 5.70. The molecule has 7 nitrogen and oxygen atoms in total. The summed E-state index contributed by atoms with van der Waals surface area (Å²) in [4.78, 5) is 25.9. The smallest absolute Gasteiger partial charge is 0.379 e. The minimum atomic E-state index is -0.648. The number of hydrogen-bond donors (Lipinski definition) is 0. The predicted octanol–water partition coefficient (Wildman–Crippen LogP) is 6.97. The molecule has 0 atom stereocenters. The molecule has 3 aromatic carbocycles. The number of Topliss-reactive ketones (excluding diaryl/α,β-unsaturated/α-hetero) is 1. The number of esters is 1. The maximum Gasteiger partial charge on any atom is 0.379 e. The minimum Gasteiger partial charge on any atom is -0.467 e. The monoisotopic (exact) mass is 610 g/mol. The molecule has 4 aromatic rings. The Morgan fingerprint density at radius 1 is 1.03 bits per heavy atom. The van der Waals surface area contributed by atoms with E-state index in [0.29, 0.717) is 40.4 Å². The Hall–Kier alpha value is -3.40. The molecule has 180 valence electrons. The second kappa shape index (κ2) is 8.92. The van der Waals surface area contributed by atoms with Gasteiger partial charge in [0.15, 0.2) is 12.6 Å². The van der Waals surface area contributed by atoms with Gasteiger partial charge >= 0.3 is 5.97 Å². The van der Waals surface area contributed by atoms with Crippen molar-refractivity contribution in [1.29, 1.82) is 0 Å². The van der Waals surface area contributed by atoms with E-state index in [-0.39, 0.29) is 29.8 Å². The van der Waals surface area contributed by atoms with Crippen molar-refractivity contribution in [3.05, 3.63) is 91.2 Å². The van der Waals surface area contributed by atoms with Crippen molar-refractivity contribution >= 4 is 60.7 Å². The van der Waals surface area contributed by atoms with E-state index < -0.39 is 5.97 Å². The summed E-state index contributed by atoms with van der Waals surface area (Å²) in [5.74, 6) is 0.570. The zero-order valence-electron chi connectivity index (χ0n) is 18.7. The molecular formula is C27H16Br2O7. The molecule has 0 spiro atoms. The van der Waals surface area contributed by atoms with Gasteiger partial charge in [-0.25, -0.2) is 4.79 Å². The summed E-state index contributed by atoms with van der Waals surface area (Å²) in [6.45, 7) is 2.28. The van der Waals surface area contributed by atoms with Crippen molar-refractivity contribution < 1.29 is 33.0 Å². The number of halogens is 2. The quantitative estimate of drug-likeness (QED) is 0.140. The van der Waals surface area contributed by atoms with Crippen LogP contribution in [0.2, 0.25) is 0 Å². The van der Waals surface area contributed by atoms with E-state index in [1.54, 1.807) is 37.3 Å². The van der Waals surface area contributed by atoms with Crippen LogP contribution in [0.3, 0.4) is 0 Å². The molecule has 0 amide bonds. The van der Waals surface area contributed by atoms with Crippen LogP contribution in [0.5, 0.6) is 17.2 Å². The van der Waals surface area contributed by atoms with Crippen LogP contribution in [0, 0.1) is 6.92 Å². The summed E-state index contributed by atoms with van der Waals surface area (Å²) >= 11 is 6.89. The fourth-order valence-corrected chi connectivity index (χ4v) is 5.10. The molecule has 36 heavy (non-hydrogen) atoms. The first-order valence-electron chi connectivity index (χ1n) is 10.9. The lowest BCUT2D eigenvalue weighted by molar-refractivity contribution is -0.0165. The van der Waals surface area contributed by atoms with Crippen molar-refractivity contribution in [2.75, 3.05) is 6.79 Å². The lowest BCUT2D eigenvalue weighted by atomic mass is 10.0. The van der Waals surface area contributed by atoms with Gasteiger partial charge in [0.05, 0.1) is 12.2 Å². The van der Waals surface area contributed by atoms with Crippen LogP contribution in [-0.4, -0.2) is 18.5 Å². The molecule has 0 bridgehead atoms. The van der Waals surface area contributed by atoms with E-state index in [1.165, 1.54) is 0 Å². The summed E-state index contributed by atoms with van der Waals surface area (Å²) in [7, 11) is 0. The highest BCUT2D eigenvalue weighted by Crippen LogP contribution is 2.41. The molecule has 1 aromatic heterocycles. The maximum absolute atomic E-state index is 13.1. The lowest BCUT2D eigenvalue weighted by Gasteiger charge is -2.20. The first-order valence-corrected chi connectivity index (χ1v) is 12.5. The molecule has 0 fully saturated rings. The number of carbonyl (C=O) groups is 2. The summed E-state index contributed by atoms with van der Waals surface area (Å²) < 4.78 is 29.9. The molecule has 0 aliphatic carbocycles. The van der Waals surface area contributed by atoms with Crippen molar-refractivity contribution in [2.24, 2.45) is 0 Å². The van der Waals surface area contributed by atoms with E-state index >= 15 is 0 Å². The largest absolute Gasteiger partial charge is 0.467 e. The normalized spacial score (nSPS) is 15.4. The van der Waals surface area contributed by atoms with Gasteiger partial charge in [0, 0.05) is 31.0 Å². The van der Waals surface area contributed by atoms with Crippen molar-refractivity contribution in [3.63, 3.8) is 0 Å². The first kappa shape index (κ1) is 23.0. The van der Waals surface area contributed by atoms with Crippen molar-refractivity contribution in [3.8, 4) is 17.2 Å². The van der Waals surface area contributed by atoms with Crippen molar-refractivity contribution in [2.45, 2.75) is 13.5 Å². The predicted molar refractivity (Wildman–Crippen MR) is 137 cm³/mol. The van der Waals surface area contributed by atoms with E-state index in [2.05, 4.69) is 31.9 Å². The average Bonchev–Trinajstić information content (AvgIpc) is 3.42. The Morgan fingerprint density at radius 2 is 1.89 bits per heavy atom. The molecule has 0 unspecified atom stereocenters. The zero-order chi connectivity index (χ0) is 25.0. The Morgan fingerprint density at radius 3 is 2.75 bits per heavy atom. The van der Waals surface area contributed by atoms with Crippen LogP contribution in [0.25, 0.3) is 17.0 Å². The molecule has 2 aliphatic rings. The molecule has 0 N–H and O–H groups in total. The van der Waals surface area contributed by atoms with Gasteiger partial charge < -0.3 is 23.4 Å². The van der Waals surface area contributed by atoms with Crippen LogP contribution in [0.1, 0.15) is 37.6 Å². The summed E-state index contributed by atoms with van der Waals surface area (Å²) in [5.41, 5.74) is 3.05. The van der Waals surface area contributed by atoms with Gasteiger partial charge in [0.2, 0.25) is 11.5 Å². The third-order valence-electron chi connectivity index (χ3n) is 5.91. The summed E-state index contributed by atoms with van der Waals surface area (Å²) in [6.07, 6.45) is 1.65. The number of furan rings is 1. The summed E-state index contributed by atoms with van der Waals surface area (Å²) in [5, 5.41) is 0.774. The molecular weight excluding hydrogens is 596 g/mol. The van der Waals surface area contributed by atoms with Gasteiger partial charge in [0.1, 0.15) is 22.8 Å². The Bertz CT molecular complexity index is 1620. The third kappa shape index (κ3) is 4.03. The number of carbonyl (C=O) groups excluding carboxylic acids is 2. The highest BCUT2D eigenvalue weighted by atomic mass is 79.9. The molecule has 0 radical (unpaired) electrons. The number of ketones is 1. The number of fused-ring (bicyclic) bond motifs is 3. The van der Waals surface area contributed by atoms with Crippen LogP contribution < -0.4 is 14.2 Å². The van der Waals surface area contributed by atoms with Gasteiger partial charge in [-0.3, -0.25) is 4.79 Å². The second-order valence-corrected chi connectivity index (χ2v) is 10.1. The van der Waals surface area contributed by atoms with Gasteiger partial charge in [0.25, 0.3) is 0 Å². The van der Waals surface area contributed by atoms with Crippen molar-refractivity contribution in [1.82, 2.24) is 0 Å². The van der Waals surface area contributed by atoms with Gasteiger partial charge in [-0.1, -0.05) is 31.9 Å². The Balaban J connectivity index is 1.29. The SMILES string of the molecule is Cc1c(OC(=O)c2cc3cc(Br)ccc3o2)ccc2c1O/C(=C\c1cc(Br)cc3c1OCOC3)C2=O. The number of hydrogen-bond acceptors (Lipinski definition) is 7. The standard InChI is InChI=1S/C27H16Br2O7/c1-13-20(36-27(31)23-9-14-6-17(28)2-4-21(14)34-23)5-3-19-24(30)22(35-25(13)19)10-15-7-18(29)8-16-11-32-12-33-26(15)16/h2-10H,11-12H2,1H3/b22-10-. The third-order valence-corrected chi connectivity index (χ3v) is 6.86. The molecule has 0 saturated heterocycles. The fourth-order valence-electron chi connectivity index (χ4n) is 4.20. The van der Waals surface area contributed by atoms with E-state index in [9.17, 15) is 9.59 Å².